The number of benzene rings is 2. The van der Waals surface area contributed by atoms with Crippen molar-refractivity contribution in [3.8, 4) is 17.1 Å². The minimum absolute atomic E-state index is 0.0366. The van der Waals surface area contributed by atoms with Gasteiger partial charge in [-0.2, -0.15) is 0 Å². The van der Waals surface area contributed by atoms with E-state index in [1.165, 1.54) is 5.56 Å². The molecule has 4 heteroatoms. The molecule has 0 radical (unpaired) electrons. The summed E-state index contributed by atoms with van der Waals surface area (Å²) >= 11 is 0. The van der Waals surface area contributed by atoms with Gasteiger partial charge in [-0.05, 0) is 49.2 Å². The standard InChI is InChI=1S/C18H16N2O2/c1-11-9-12-10-13(22-2)7-8-14(12)17-19-16-6-4-3-5-15(16)18(21)20(11)17/h3-8,10-11H,9H2,1-2H3. The highest BCUT2D eigenvalue weighted by molar-refractivity contribution is 5.80. The van der Waals surface area contributed by atoms with Crippen molar-refractivity contribution in [3.05, 3.63) is 58.4 Å². The van der Waals surface area contributed by atoms with Gasteiger partial charge in [-0.25, -0.2) is 4.98 Å². The summed E-state index contributed by atoms with van der Waals surface area (Å²) in [5, 5.41) is 0.676. The third-order valence-electron chi connectivity index (χ3n) is 4.32. The molecular formula is C18H16N2O2. The maximum Gasteiger partial charge on any atom is 0.261 e. The van der Waals surface area contributed by atoms with Crippen LogP contribution in [-0.4, -0.2) is 16.7 Å². The van der Waals surface area contributed by atoms with Gasteiger partial charge < -0.3 is 4.74 Å². The lowest BCUT2D eigenvalue weighted by atomic mass is 9.95. The monoisotopic (exact) mass is 292 g/mol. The molecule has 0 aliphatic carbocycles. The number of para-hydroxylation sites is 1. The van der Waals surface area contributed by atoms with Crippen molar-refractivity contribution in [1.29, 1.82) is 0 Å². The van der Waals surface area contributed by atoms with Crippen molar-refractivity contribution < 1.29 is 4.74 Å². The van der Waals surface area contributed by atoms with Crippen molar-refractivity contribution >= 4 is 10.9 Å². The number of hydrogen-bond acceptors (Lipinski definition) is 3. The van der Waals surface area contributed by atoms with E-state index in [0.29, 0.717) is 5.39 Å². The smallest absolute Gasteiger partial charge is 0.261 e. The summed E-state index contributed by atoms with van der Waals surface area (Å²) < 4.78 is 7.13. The third kappa shape index (κ3) is 1.77. The van der Waals surface area contributed by atoms with E-state index in [1.807, 2.05) is 47.0 Å². The molecule has 1 atom stereocenters. The summed E-state index contributed by atoms with van der Waals surface area (Å²) in [6.45, 7) is 2.06. The Morgan fingerprint density at radius 1 is 1.23 bits per heavy atom. The number of nitrogens with zero attached hydrogens (tertiary/aromatic N) is 2. The van der Waals surface area contributed by atoms with E-state index in [9.17, 15) is 4.79 Å². The third-order valence-corrected chi connectivity index (χ3v) is 4.32. The summed E-state index contributed by atoms with van der Waals surface area (Å²) in [7, 11) is 1.66. The number of aromatic nitrogens is 2. The summed E-state index contributed by atoms with van der Waals surface area (Å²) in [4.78, 5) is 17.6. The van der Waals surface area contributed by atoms with Crippen LogP contribution in [0.5, 0.6) is 5.75 Å². The molecule has 4 nitrogen and oxygen atoms in total. The zero-order valence-corrected chi connectivity index (χ0v) is 12.5. The van der Waals surface area contributed by atoms with Gasteiger partial charge in [0.1, 0.15) is 11.6 Å². The first-order valence-corrected chi connectivity index (χ1v) is 7.37. The number of fused-ring (bicyclic) bond motifs is 4. The molecule has 4 rings (SSSR count). The van der Waals surface area contributed by atoms with Crippen LogP contribution in [0.15, 0.2) is 47.3 Å². The summed E-state index contributed by atoms with van der Waals surface area (Å²) in [6.07, 6.45) is 0.805. The summed E-state index contributed by atoms with van der Waals surface area (Å²) in [5.41, 5.74) is 2.97. The van der Waals surface area contributed by atoms with Gasteiger partial charge in [0, 0.05) is 11.6 Å². The van der Waals surface area contributed by atoms with E-state index in [4.69, 9.17) is 9.72 Å². The fourth-order valence-electron chi connectivity index (χ4n) is 3.24. The lowest BCUT2D eigenvalue weighted by molar-refractivity contribution is 0.413. The van der Waals surface area contributed by atoms with Gasteiger partial charge in [0.05, 0.1) is 18.0 Å². The molecule has 0 amide bonds. The van der Waals surface area contributed by atoms with E-state index in [-0.39, 0.29) is 11.6 Å². The normalized spacial score (nSPS) is 16.2. The first kappa shape index (κ1) is 13.1. The van der Waals surface area contributed by atoms with E-state index in [1.54, 1.807) is 7.11 Å². The lowest BCUT2D eigenvalue weighted by Gasteiger charge is -2.27. The molecule has 1 aliphatic rings. The topological polar surface area (TPSA) is 44.1 Å². The molecule has 0 spiro atoms. The molecular weight excluding hydrogens is 276 g/mol. The van der Waals surface area contributed by atoms with Crippen LogP contribution in [0, 0.1) is 0 Å². The van der Waals surface area contributed by atoms with Crippen LogP contribution >= 0.6 is 0 Å². The Labute approximate surface area is 128 Å². The minimum Gasteiger partial charge on any atom is -0.497 e. The molecule has 2 aromatic carbocycles. The highest BCUT2D eigenvalue weighted by Crippen LogP contribution is 2.34. The Hall–Kier alpha value is -2.62. The van der Waals surface area contributed by atoms with Crippen molar-refractivity contribution in [2.24, 2.45) is 0 Å². The SMILES string of the molecule is COc1ccc2c(c1)CC(C)n1c-2nc2ccccc2c1=O. The fourth-order valence-corrected chi connectivity index (χ4v) is 3.24. The van der Waals surface area contributed by atoms with Gasteiger partial charge in [-0.15, -0.1) is 0 Å². The van der Waals surface area contributed by atoms with Crippen LogP contribution < -0.4 is 10.3 Å². The van der Waals surface area contributed by atoms with Gasteiger partial charge in [0.15, 0.2) is 0 Å². The second kappa shape index (κ2) is 4.70. The Bertz CT molecular complexity index is 943. The molecule has 22 heavy (non-hydrogen) atoms. The van der Waals surface area contributed by atoms with Crippen LogP contribution in [0.2, 0.25) is 0 Å². The van der Waals surface area contributed by atoms with Crippen LogP contribution in [-0.2, 0) is 6.42 Å². The predicted molar refractivity (Wildman–Crippen MR) is 86.4 cm³/mol. The molecule has 3 aromatic rings. The second-order valence-corrected chi connectivity index (χ2v) is 5.70. The fraction of sp³-hybridized carbons (Fsp3) is 0.222. The molecule has 0 saturated carbocycles. The van der Waals surface area contributed by atoms with Crippen molar-refractivity contribution in [2.45, 2.75) is 19.4 Å². The zero-order valence-electron chi connectivity index (χ0n) is 12.5. The van der Waals surface area contributed by atoms with Gasteiger partial charge in [0.25, 0.3) is 5.56 Å². The van der Waals surface area contributed by atoms with Crippen molar-refractivity contribution in [3.63, 3.8) is 0 Å². The highest BCUT2D eigenvalue weighted by atomic mass is 16.5. The molecule has 1 aromatic heterocycles. The Morgan fingerprint density at radius 2 is 2.05 bits per heavy atom. The molecule has 0 saturated heterocycles. The predicted octanol–water partition coefficient (Wildman–Crippen LogP) is 3.19. The molecule has 110 valence electrons. The summed E-state index contributed by atoms with van der Waals surface area (Å²) in [5.74, 6) is 1.59. The van der Waals surface area contributed by atoms with E-state index < -0.39 is 0 Å². The molecule has 2 heterocycles. The summed E-state index contributed by atoms with van der Waals surface area (Å²) in [6, 6.07) is 13.6. The molecule has 0 bridgehead atoms. The maximum atomic E-state index is 12.8. The molecule has 0 fully saturated rings. The highest BCUT2D eigenvalue weighted by Gasteiger charge is 2.25. The Kier molecular flexibility index (Phi) is 2.79. The van der Waals surface area contributed by atoms with Crippen LogP contribution in [0.4, 0.5) is 0 Å². The Morgan fingerprint density at radius 3 is 2.86 bits per heavy atom. The lowest BCUT2D eigenvalue weighted by Crippen LogP contribution is -2.30. The van der Waals surface area contributed by atoms with E-state index in [2.05, 4.69) is 6.92 Å². The largest absolute Gasteiger partial charge is 0.497 e. The van der Waals surface area contributed by atoms with Gasteiger partial charge >= 0.3 is 0 Å². The van der Waals surface area contributed by atoms with Crippen LogP contribution in [0.3, 0.4) is 0 Å². The molecule has 1 unspecified atom stereocenters. The number of methoxy groups -OCH3 is 1. The zero-order chi connectivity index (χ0) is 15.3. The first-order chi connectivity index (χ1) is 10.7. The second-order valence-electron chi connectivity index (χ2n) is 5.70. The van der Waals surface area contributed by atoms with Crippen LogP contribution in [0.1, 0.15) is 18.5 Å². The number of hydrogen-bond donors (Lipinski definition) is 0. The average Bonchev–Trinajstić information content (AvgIpc) is 2.54. The van der Waals surface area contributed by atoms with Crippen molar-refractivity contribution in [1.82, 2.24) is 9.55 Å². The Balaban J connectivity index is 2.08. The quantitative estimate of drug-likeness (QED) is 0.692. The molecule has 1 aliphatic heterocycles. The molecule has 0 N–H and O–H groups in total. The van der Waals surface area contributed by atoms with E-state index >= 15 is 0 Å². The van der Waals surface area contributed by atoms with Crippen LogP contribution in [0.25, 0.3) is 22.3 Å². The van der Waals surface area contributed by atoms with Crippen molar-refractivity contribution in [2.75, 3.05) is 7.11 Å². The first-order valence-electron chi connectivity index (χ1n) is 7.37. The number of ether oxygens (including phenoxy) is 1. The maximum absolute atomic E-state index is 12.8. The number of rotatable bonds is 1. The van der Waals surface area contributed by atoms with Gasteiger partial charge in [-0.1, -0.05) is 12.1 Å². The van der Waals surface area contributed by atoms with Gasteiger partial charge in [0.2, 0.25) is 0 Å². The average molecular weight is 292 g/mol. The van der Waals surface area contributed by atoms with E-state index in [0.717, 1.165) is 29.1 Å². The minimum atomic E-state index is 0.0366. The van der Waals surface area contributed by atoms with Gasteiger partial charge in [-0.3, -0.25) is 9.36 Å².